The average Bonchev–Trinajstić information content (AvgIpc) is 2.82. The number of imidazole rings is 1. The molecular formula is C12H11ClN2O2. The molecule has 2 unspecified atom stereocenters. The Bertz CT molecular complexity index is 527. The maximum Gasteiger partial charge on any atom is 0.126 e. The molecule has 2 atom stereocenters. The van der Waals surface area contributed by atoms with E-state index in [9.17, 15) is 5.11 Å². The van der Waals surface area contributed by atoms with Gasteiger partial charge in [-0.25, -0.2) is 4.98 Å². The Balaban J connectivity index is 1.98. The highest BCUT2D eigenvalue weighted by Gasteiger charge is 2.30. The number of aromatic nitrogens is 2. The Morgan fingerprint density at radius 1 is 1.47 bits per heavy atom. The van der Waals surface area contributed by atoms with Gasteiger partial charge in [0.25, 0.3) is 0 Å². The Morgan fingerprint density at radius 2 is 2.35 bits per heavy atom. The molecule has 1 aromatic carbocycles. The van der Waals surface area contributed by atoms with E-state index < -0.39 is 6.10 Å². The summed E-state index contributed by atoms with van der Waals surface area (Å²) in [5.74, 6) is 0.654. The molecule has 0 spiro atoms. The van der Waals surface area contributed by atoms with Crippen LogP contribution in [0.2, 0.25) is 5.02 Å². The Labute approximate surface area is 103 Å². The first-order chi connectivity index (χ1) is 8.25. The third-order valence-electron chi connectivity index (χ3n) is 2.98. The molecule has 1 aliphatic heterocycles. The molecular weight excluding hydrogens is 240 g/mol. The third-order valence-corrected chi connectivity index (χ3v) is 3.21. The van der Waals surface area contributed by atoms with Crippen LogP contribution in [0.25, 0.3) is 0 Å². The molecule has 1 N–H and O–H groups in total. The lowest BCUT2D eigenvalue weighted by atomic mass is 9.99. The number of aliphatic hydroxyl groups is 1. The molecule has 4 nitrogen and oxygen atoms in total. The fraction of sp³-hybridized carbons (Fsp3) is 0.250. The molecule has 0 aliphatic carbocycles. The van der Waals surface area contributed by atoms with Crippen molar-refractivity contribution in [3.8, 4) is 5.75 Å². The SMILES string of the molecule is OC1c2ccc(Cl)cc2OCC1n1ccnc1. The minimum Gasteiger partial charge on any atom is -0.491 e. The third kappa shape index (κ3) is 1.79. The Morgan fingerprint density at radius 3 is 3.12 bits per heavy atom. The molecule has 17 heavy (non-hydrogen) atoms. The molecule has 5 heteroatoms. The van der Waals surface area contributed by atoms with Gasteiger partial charge in [0.05, 0.1) is 12.4 Å². The summed E-state index contributed by atoms with van der Waals surface area (Å²) in [6, 6.07) is 5.13. The molecule has 88 valence electrons. The van der Waals surface area contributed by atoms with Crippen molar-refractivity contribution in [3.05, 3.63) is 47.5 Å². The number of fused-ring (bicyclic) bond motifs is 1. The van der Waals surface area contributed by atoms with Gasteiger partial charge in [0, 0.05) is 23.0 Å². The highest BCUT2D eigenvalue weighted by Crippen LogP contribution is 2.38. The maximum absolute atomic E-state index is 10.3. The van der Waals surface area contributed by atoms with E-state index in [2.05, 4.69) is 4.98 Å². The summed E-state index contributed by atoms with van der Waals surface area (Å²) in [6.45, 7) is 0.408. The minimum atomic E-state index is -0.606. The van der Waals surface area contributed by atoms with Gasteiger partial charge >= 0.3 is 0 Å². The van der Waals surface area contributed by atoms with Gasteiger partial charge < -0.3 is 14.4 Å². The van der Waals surface area contributed by atoms with E-state index in [1.807, 2.05) is 10.8 Å². The van der Waals surface area contributed by atoms with Gasteiger partial charge in [0.15, 0.2) is 0 Å². The number of halogens is 1. The van der Waals surface area contributed by atoms with E-state index in [0.29, 0.717) is 17.4 Å². The van der Waals surface area contributed by atoms with Gasteiger partial charge in [0.2, 0.25) is 0 Å². The van der Waals surface area contributed by atoms with Crippen LogP contribution in [0, 0.1) is 0 Å². The molecule has 0 amide bonds. The topological polar surface area (TPSA) is 47.3 Å². The van der Waals surface area contributed by atoms with Crippen molar-refractivity contribution in [2.75, 3.05) is 6.61 Å². The molecule has 0 fully saturated rings. The lowest BCUT2D eigenvalue weighted by Crippen LogP contribution is -2.28. The first-order valence-corrected chi connectivity index (χ1v) is 5.71. The van der Waals surface area contributed by atoms with Crippen molar-refractivity contribution in [2.24, 2.45) is 0 Å². The summed E-state index contributed by atoms with van der Waals surface area (Å²) in [7, 11) is 0. The lowest BCUT2D eigenvalue weighted by molar-refractivity contribution is 0.0569. The molecule has 1 aromatic heterocycles. The average molecular weight is 251 g/mol. The van der Waals surface area contributed by atoms with E-state index in [-0.39, 0.29) is 6.04 Å². The summed E-state index contributed by atoms with van der Waals surface area (Å²) in [6.07, 6.45) is 4.57. The van der Waals surface area contributed by atoms with Crippen molar-refractivity contribution in [2.45, 2.75) is 12.1 Å². The summed E-state index contributed by atoms with van der Waals surface area (Å²) in [5, 5.41) is 10.9. The molecule has 3 rings (SSSR count). The second kappa shape index (κ2) is 4.05. The Hall–Kier alpha value is -1.52. The second-order valence-corrected chi connectivity index (χ2v) is 4.45. The van der Waals surface area contributed by atoms with Crippen LogP contribution in [0.5, 0.6) is 5.75 Å². The molecule has 2 heterocycles. The van der Waals surface area contributed by atoms with Crippen LogP contribution < -0.4 is 4.74 Å². The van der Waals surface area contributed by atoms with Crippen molar-refractivity contribution in [1.82, 2.24) is 9.55 Å². The van der Waals surface area contributed by atoms with Crippen LogP contribution in [0.15, 0.2) is 36.9 Å². The summed E-state index contributed by atoms with van der Waals surface area (Å²) in [5.41, 5.74) is 0.763. The Kier molecular flexibility index (Phi) is 2.53. The van der Waals surface area contributed by atoms with Crippen LogP contribution in [-0.2, 0) is 0 Å². The maximum atomic E-state index is 10.3. The predicted octanol–water partition coefficient (Wildman–Crippen LogP) is 2.20. The van der Waals surface area contributed by atoms with E-state index in [4.69, 9.17) is 16.3 Å². The fourth-order valence-corrected chi connectivity index (χ4v) is 2.23. The first-order valence-electron chi connectivity index (χ1n) is 5.33. The number of nitrogens with zero attached hydrogens (tertiary/aromatic N) is 2. The number of rotatable bonds is 1. The van der Waals surface area contributed by atoms with Crippen molar-refractivity contribution >= 4 is 11.6 Å². The molecule has 0 saturated carbocycles. The molecule has 1 aliphatic rings. The number of ether oxygens (including phenoxy) is 1. The molecule has 0 radical (unpaired) electrons. The molecule has 0 saturated heterocycles. The second-order valence-electron chi connectivity index (χ2n) is 4.02. The minimum absolute atomic E-state index is 0.147. The highest BCUT2D eigenvalue weighted by molar-refractivity contribution is 6.30. The molecule has 2 aromatic rings. The summed E-state index contributed by atoms with van der Waals surface area (Å²) < 4.78 is 7.47. The lowest BCUT2D eigenvalue weighted by Gasteiger charge is -2.31. The standard InChI is InChI=1S/C12H11ClN2O2/c13-8-1-2-9-11(5-8)17-6-10(12(9)16)15-4-3-14-7-15/h1-5,7,10,12,16H,6H2. The zero-order chi connectivity index (χ0) is 11.8. The number of aliphatic hydroxyl groups excluding tert-OH is 1. The van der Waals surface area contributed by atoms with Crippen molar-refractivity contribution in [3.63, 3.8) is 0 Å². The summed E-state index contributed by atoms with van der Waals surface area (Å²) >= 11 is 5.88. The van der Waals surface area contributed by atoms with E-state index in [1.165, 1.54) is 0 Å². The van der Waals surface area contributed by atoms with Gasteiger partial charge in [-0.1, -0.05) is 17.7 Å². The zero-order valence-corrected chi connectivity index (χ0v) is 9.71. The van der Waals surface area contributed by atoms with E-state index in [1.54, 1.807) is 30.7 Å². The van der Waals surface area contributed by atoms with Gasteiger partial charge in [0.1, 0.15) is 18.5 Å². The van der Waals surface area contributed by atoms with Crippen LogP contribution in [0.1, 0.15) is 17.7 Å². The van der Waals surface area contributed by atoms with Crippen LogP contribution >= 0.6 is 11.6 Å². The highest BCUT2D eigenvalue weighted by atomic mass is 35.5. The predicted molar refractivity (Wildman–Crippen MR) is 63.2 cm³/mol. The smallest absolute Gasteiger partial charge is 0.126 e. The van der Waals surface area contributed by atoms with Crippen molar-refractivity contribution in [1.29, 1.82) is 0 Å². The zero-order valence-electron chi connectivity index (χ0n) is 8.95. The number of benzene rings is 1. The normalized spacial score (nSPS) is 22.9. The van der Waals surface area contributed by atoms with Crippen LogP contribution in [0.3, 0.4) is 0 Å². The van der Waals surface area contributed by atoms with Gasteiger partial charge in [-0.15, -0.1) is 0 Å². The van der Waals surface area contributed by atoms with Gasteiger partial charge in [-0.3, -0.25) is 0 Å². The molecule has 0 bridgehead atoms. The quantitative estimate of drug-likeness (QED) is 0.844. The number of hydrogen-bond acceptors (Lipinski definition) is 3. The first kappa shape index (κ1) is 10.6. The van der Waals surface area contributed by atoms with E-state index >= 15 is 0 Å². The largest absolute Gasteiger partial charge is 0.491 e. The fourth-order valence-electron chi connectivity index (χ4n) is 2.07. The van der Waals surface area contributed by atoms with Crippen LogP contribution in [0.4, 0.5) is 0 Å². The van der Waals surface area contributed by atoms with Gasteiger partial charge in [-0.05, 0) is 12.1 Å². The summed E-state index contributed by atoms with van der Waals surface area (Å²) in [4.78, 5) is 3.98. The monoisotopic (exact) mass is 250 g/mol. The number of hydrogen-bond donors (Lipinski definition) is 1. The van der Waals surface area contributed by atoms with Crippen LogP contribution in [-0.4, -0.2) is 21.3 Å². The van der Waals surface area contributed by atoms with Crippen molar-refractivity contribution < 1.29 is 9.84 Å². The van der Waals surface area contributed by atoms with Gasteiger partial charge in [-0.2, -0.15) is 0 Å². The van der Waals surface area contributed by atoms with E-state index in [0.717, 1.165) is 5.56 Å².